The van der Waals surface area contributed by atoms with E-state index in [4.69, 9.17) is 10.5 Å². The molecule has 128 valence electrons. The number of nitrogen functional groups attached to an aromatic ring is 1. The molecule has 3 rings (SSSR count). The summed E-state index contributed by atoms with van der Waals surface area (Å²) in [5.74, 6) is 0.522. The highest BCUT2D eigenvalue weighted by Crippen LogP contribution is 2.16. The number of hydrogen-bond donors (Lipinski definition) is 2. The molecule has 0 aliphatic carbocycles. The van der Waals surface area contributed by atoms with Gasteiger partial charge < -0.3 is 20.4 Å². The topological polar surface area (TPSA) is 82.2 Å². The molecular weight excluding hydrogens is 316 g/mol. The number of nitrogens with one attached hydrogen (secondary N) is 1. The van der Waals surface area contributed by atoms with Gasteiger partial charge >= 0.3 is 0 Å². The normalized spacial score (nSPS) is 10.4. The number of ether oxygens (including phenoxy) is 1. The summed E-state index contributed by atoms with van der Waals surface area (Å²) in [5.41, 5.74) is 8.56. The molecule has 0 unspecified atom stereocenters. The van der Waals surface area contributed by atoms with Crippen molar-refractivity contribution in [2.24, 2.45) is 0 Å². The van der Waals surface area contributed by atoms with Crippen LogP contribution in [0.15, 0.2) is 61.1 Å². The average Bonchev–Trinajstić information content (AvgIpc) is 3.08. The van der Waals surface area contributed by atoms with Gasteiger partial charge in [0.2, 0.25) is 0 Å². The molecule has 0 aliphatic heterocycles. The quantitative estimate of drug-likeness (QED) is 0.677. The third-order valence-electron chi connectivity index (χ3n) is 3.63. The van der Waals surface area contributed by atoms with Crippen molar-refractivity contribution >= 4 is 17.3 Å². The Bertz CT molecular complexity index is 839. The Morgan fingerprint density at radius 1 is 1.16 bits per heavy atom. The zero-order valence-electron chi connectivity index (χ0n) is 14.0. The van der Waals surface area contributed by atoms with Gasteiger partial charge in [-0.05, 0) is 48.9 Å². The second-order valence-corrected chi connectivity index (χ2v) is 5.58. The van der Waals surface area contributed by atoms with Gasteiger partial charge in [0.05, 0.1) is 12.9 Å². The van der Waals surface area contributed by atoms with E-state index < -0.39 is 0 Å². The van der Waals surface area contributed by atoms with Crippen LogP contribution in [0.2, 0.25) is 0 Å². The Morgan fingerprint density at radius 3 is 2.56 bits per heavy atom. The average molecular weight is 336 g/mol. The maximum absolute atomic E-state index is 12.3. The number of carbonyl (C=O) groups is 1. The lowest BCUT2D eigenvalue weighted by atomic mass is 10.2. The number of rotatable bonds is 6. The third kappa shape index (κ3) is 4.38. The van der Waals surface area contributed by atoms with Gasteiger partial charge in [0.15, 0.2) is 0 Å². The van der Waals surface area contributed by atoms with Crippen LogP contribution >= 0.6 is 0 Å². The van der Waals surface area contributed by atoms with Gasteiger partial charge in [-0.1, -0.05) is 12.1 Å². The molecule has 0 fully saturated rings. The van der Waals surface area contributed by atoms with Crippen molar-refractivity contribution in [1.82, 2.24) is 9.55 Å². The largest absolute Gasteiger partial charge is 0.494 e. The van der Waals surface area contributed by atoms with Crippen LogP contribution in [0.3, 0.4) is 0 Å². The van der Waals surface area contributed by atoms with E-state index in [9.17, 15) is 4.79 Å². The highest BCUT2D eigenvalue weighted by molar-refractivity contribution is 6.02. The smallest absolute Gasteiger partial charge is 0.275 e. The zero-order valence-corrected chi connectivity index (χ0v) is 14.0. The first-order valence-corrected chi connectivity index (χ1v) is 8.04. The van der Waals surface area contributed by atoms with Crippen molar-refractivity contribution in [3.63, 3.8) is 0 Å². The van der Waals surface area contributed by atoms with E-state index in [0.717, 1.165) is 17.0 Å². The van der Waals surface area contributed by atoms with Crippen molar-refractivity contribution in [3.8, 4) is 5.75 Å². The number of benzene rings is 2. The highest BCUT2D eigenvalue weighted by atomic mass is 16.5. The molecule has 2 aromatic carbocycles. The minimum Gasteiger partial charge on any atom is -0.494 e. The molecule has 1 amide bonds. The molecule has 3 aromatic rings. The fourth-order valence-electron chi connectivity index (χ4n) is 2.39. The summed E-state index contributed by atoms with van der Waals surface area (Å²) in [6.45, 7) is 3.16. The molecule has 0 saturated heterocycles. The molecule has 25 heavy (non-hydrogen) atoms. The molecule has 0 bridgehead atoms. The molecule has 1 aromatic heterocycles. The Labute approximate surface area is 146 Å². The molecule has 0 aliphatic rings. The van der Waals surface area contributed by atoms with Crippen LogP contribution in [-0.4, -0.2) is 22.1 Å². The summed E-state index contributed by atoms with van der Waals surface area (Å²) < 4.78 is 7.24. The standard InChI is InChI=1S/C19H20N4O2/c1-2-25-17-9-7-16(8-10-17)22-19(24)18-12-23(13-21-18)11-14-3-5-15(20)6-4-14/h3-10,12-13H,2,11,20H2,1H3,(H,22,24). The Morgan fingerprint density at radius 2 is 1.88 bits per heavy atom. The molecule has 6 heteroatoms. The lowest BCUT2D eigenvalue weighted by Crippen LogP contribution is -2.12. The summed E-state index contributed by atoms with van der Waals surface area (Å²) in [6.07, 6.45) is 3.36. The Kier molecular flexibility index (Phi) is 4.99. The summed E-state index contributed by atoms with van der Waals surface area (Å²) in [7, 11) is 0. The van der Waals surface area contributed by atoms with E-state index in [-0.39, 0.29) is 5.91 Å². The van der Waals surface area contributed by atoms with E-state index in [1.165, 1.54) is 0 Å². The molecule has 1 heterocycles. The van der Waals surface area contributed by atoms with Crippen molar-refractivity contribution in [3.05, 3.63) is 72.3 Å². The third-order valence-corrected chi connectivity index (χ3v) is 3.63. The van der Waals surface area contributed by atoms with E-state index in [1.54, 1.807) is 24.7 Å². The fraction of sp³-hybridized carbons (Fsp3) is 0.158. The van der Waals surface area contributed by atoms with Crippen molar-refractivity contribution in [2.75, 3.05) is 17.7 Å². The number of nitrogens with zero attached hydrogens (tertiary/aromatic N) is 2. The molecule has 0 atom stereocenters. The molecule has 3 N–H and O–H groups in total. The lowest BCUT2D eigenvalue weighted by molar-refractivity contribution is 0.102. The molecule has 0 saturated carbocycles. The molecular formula is C19H20N4O2. The molecule has 6 nitrogen and oxygen atoms in total. The van der Waals surface area contributed by atoms with Gasteiger partial charge in [-0.15, -0.1) is 0 Å². The lowest BCUT2D eigenvalue weighted by Gasteiger charge is -2.06. The molecule has 0 radical (unpaired) electrons. The summed E-state index contributed by atoms with van der Waals surface area (Å²) in [5, 5.41) is 2.83. The van der Waals surface area contributed by atoms with Gasteiger partial charge in [-0.2, -0.15) is 0 Å². The van der Waals surface area contributed by atoms with Crippen LogP contribution in [0.25, 0.3) is 0 Å². The number of imidazole rings is 1. The maximum atomic E-state index is 12.3. The fourth-order valence-corrected chi connectivity index (χ4v) is 2.39. The van der Waals surface area contributed by atoms with E-state index >= 15 is 0 Å². The first kappa shape index (κ1) is 16.6. The van der Waals surface area contributed by atoms with Crippen LogP contribution < -0.4 is 15.8 Å². The van der Waals surface area contributed by atoms with Gasteiger partial charge in [0, 0.05) is 24.1 Å². The first-order valence-electron chi connectivity index (χ1n) is 8.04. The van der Waals surface area contributed by atoms with Gasteiger partial charge in [0.25, 0.3) is 5.91 Å². The number of aromatic nitrogens is 2. The van der Waals surface area contributed by atoms with Crippen molar-refractivity contribution < 1.29 is 9.53 Å². The van der Waals surface area contributed by atoms with Crippen molar-refractivity contribution in [2.45, 2.75) is 13.5 Å². The monoisotopic (exact) mass is 336 g/mol. The number of amides is 1. The predicted octanol–water partition coefficient (Wildman–Crippen LogP) is 3.16. The van der Waals surface area contributed by atoms with Crippen LogP contribution in [-0.2, 0) is 6.54 Å². The Balaban J connectivity index is 1.62. The van der Waals surface area contributed by atoms with Gasteiger partial charge in [0.1, 0.15) is 11.4 Å². The number of nitrogens with two attached hydrogens (primary N) is 1. The van der Waals surface area contributed by atoms with Crippen LogP contribution in [0.1, 0.15) is 23.0 Å². The first-order chi connectivity index (χ1) is 12.1. The molecule has 0 spiro atoms. The maximum Gasteiger partial charge on any atom is 0.275 e. The SMILES string of the molecule is CCOc1ccc(NC(=O)c2cn(Cc3ccc(N)cc3)cn2)cc1. The highest BCUT2D eigenvalue weighted by Gasteiger charge is 2.10. The predicted molar refractivity (Wildman–Crippen MR) is 97.7 cm³/mol. The van der Waals surface area contributed by atoms with Crippen LogP contribution in [0.5, 0.6) is 5.75 Å². The minimum atomic E-state index is -0.250. The number of anilines is 2. The Hall–Kier alpha value is -3.28. The van der Waals surface area contributed by atoms with Crippen LogP contribution in [0.4, 0.5) is 11.4 Å². The summed E-state index contributed by atoms with van der Waals surface area (Å²) in [4.78, 5) is 16.5. The van der Waals surface area contributed by atoms with E-state index in [2.05, 4.69) is 10.3 Å². The van der Waals surface area contributed by atoms with Gasteiger partial charge in [-0.25, -0.2) is 4.98 Å². The zero-order chi connectivity index (χ0) is 17.6. The van der Waals surface area contributed by atoms with Crippen LogP contribution in [0, 0.1) is 0 Å². The summed E-state index contributed by atoms with van der Waals surface area (Å²) in [6, 6.07) is 14.8. The number of carbonyl (C=O) groups excluding carboxylic acids is 1. The van der Waals surface area contributed by atoms with E-state index in [0.29, 0.717) is 24.5 Å². The second-order valence-electron chi connectivity index (χ2n) is 5.58. The second kappa shape index (κ2) is 7.53. The minimum absolute atomic E-state index is 0.250. The van der Waals surface area contributed by atoms with Gasteiger partial charge in [-0.3, -0.25) is 4.79 Å². The number of hydrogen-bond acceptors (Lipinski definition) is 4. The summed E-state index contributed by atoms with van der Waals surface area (Å²) >= 11 is 0. The van der Waals surface area contributed by atoms with Crippen molar-refractivity contribution in [1.29, 1.82) is 0 Å². The van der Waals surface area contributed by atoms with E-state index in [1.807, 2.05) is 47.9 Å².